The molecule has 50 heavy (non-hydrogen) atoms. The van der Waals surface area contributed by atoms with E-state index in [9.17, 15) is 9.59 Å². The molecule has 4 aromatic carbocycles. The van der Waals surface area contributed by atoms with Gasteiger partial charge < -0.3 is 14.6 Å². The topological polar surface area (TPSA) is 124 Å². The van der Waals surface area contributed by atoms with Gasteiger partial charge in [0.2, 0.25) is 0 Å². The third kappa shape index (κ3) is 7.65. The molecule has 0 radical (unpaired) electrons. The lowest BCUT2D eigenvalue weighted by Crippen LogP contribution is -2.37. The van der Waals surface area contributed by atoms with Crippen LogP contribution in [-0.4, -0.2) is 45.6 Å². The predicted octanol–water partition coefficient (Wildman–Crippen LogP) is 8.72. The van der Waals surface area contributed by atoms with Crippen LogP contribution in [-0.2, 0) is 14.1 Å². The number of aromatic nitrogens is 3. The molecule has 0 fully saturated rings. The van der Waals surface area contributed by atoms with E-state index < -0.39 is 19.7 Å². The summed E-state index contributed by atoms with van der Waals surface area (Å²) in [5.74, 6) is -0.446. The van der Waals surface area contributed by atoms with Gasteiger partial charge in [-0.25, -0.2) is 9.65 Å². The maximum absolute atomic E-state index is 15.4. The predicted molar refractivity (Wildman–Crippen MR) is 202 cm³/mol. The van der Waals surface area contributed by atoms with Gasteiger partial charge in [-0.3, -0.25) is 14.6 Å². The van der Waals surface area contributed by atoms with Crippen molar-refractivity contribution >= 4 is 65.1 Å². The number of hydrogen-bond donors (Lipinski definition) is 2. The lowest BCUT2D eigenvalue weighted by atomic mass is 10.1. The van der Waals surface area contributed by atoms with E-state index in [-0.39, 0.29) is 14.9 Å². The molecule has 1 unspecified atom stereocenters. The van der Waals surface area contributed by atoms with Crippen LogP contribution in [0.1, 0.15) is 45.4 Å². The van der Waals surface area contributed by atoms with Gasteiger partial charge in [0.05, 0.1) is 28.6 Å². The maximum atomic E-state index is 15.4. The fourth-order valence-electron chi connectivity index (χ4n) is 5.29. The van der Waals surface area contributed by atoms with Crippen LogP contribution in [0.15, 0.2) is 119 Å². The Bertz CT molecular complexity index is 2260. The number of hydrogen-bond acceptors (Lipinski definition) is 8. The summed E-state index contributed by atoms with van der Waals surface area (Å²) in [5.41, 5.74) is 2.23. The Hall–Kier alpha value is -5.22. The number of nitrogens with one attached hydrogen (secondary N) is 2. The molecular weight excluding hydrogens is 669 g/mol. The Kier molecular flexibility index (Phi) is 10.5. The summed E-state index contributed by atoms with van der Waals surface area (Å²) in [7, 11) is -2.68. The first-order valence-electron chi connectivity index (χ1n) is 16.0. The first-order chi connectivity index (χ1) is 24.1. The second kappa shape index (κ2) is 15.1. The van der Waals surface area contributed by atoms with Gasteiger partial charge >= 0.3 is 13.6 Å². The van der Waals surface area contributed by atoms with Crippen LogP contribution in [0.2, 0.25) is 0 Å². The lowest BCUT2D eigenvalue weighted by molar-refractivity contribution is -0.149. The Morgan fingerprint density at radius 3 is 2.44 bits per heavy atom. The van der Waals surface area contributed by atoms with Crippen molar-refractivity contribution in [1.29, 1.82) is 0 Å². The second-order valence-electron chi connectivity index (χ2n) is 11.6. The van der Waals surface area contributed by atoms with Gasteiger partial charge in [-0.1, -0.05) is 66.4 Å². The number of carbonyl (C=O) groups is 2. The van der Waals surface area contributed by atoms with Crippen LogP contribution in [0.25, 0.3) is 33.8 Å². The molecular formula is C38H40N5O5PS. The SMILES string of the molecule is CNC(=O)c1ccccc1Sc1ccc2c(/C=C/c3ccccn3)nn(P(=O)(N[C@@H](C)C(=O)OC(C)C)Oc3cccc4ccccc34)c2c1.[HH].[HH]. The van der Waals surface area contributed by atoms with E-state index >= 15 is 4.57 Å². The fourth-order valence-corrected chi connectivity index (χ4v) is 8.20. The van der Waals surface area contributed by atoms with Gasteiger partial charge in [-0.2, -0.15) is 9.55 Å². The minimum Gasteiger partial charge on any atom is -0.462 e. The van der Waals surface area contributed by atoms with Crippen molar-refractivity contribution in [3.63, 3.8) is 0 Å². The lowest BCUT2D eigenvalue weighted by Gasteiger charge is -2.25. The van der Waals surface area contributed by atoms with Gasteiger partial charge in [0.1, 0.15) is 11.8 Å². The largest absolute Gasteiger partial charge is 0.462 e. The van der Waals surface area contributed by atoms with E-state index in [4.69, 9.17) is 14.4 Å². The molecule has 2 atom stereocenters. The number of benzene rings is 4. The third-order valence-electron chi connectivity index (χ3n) is 7.63. The molecule has 10 nitrogen and oxygen atoms in total. The maximum Gasteiger partial charge on any atom is 0.440 e. The quantitative estimate of drug-likeness (QED) is 0.0948. The van der Waals surface area contributed by atoms with Gasteiger partial charge in [0, 0.05) is 36.7 Å². The Balaban J connectivity index is 0.00000302. The Morgan fingerprint density at radius 1 is 0.900 bits per heavy atom. The summed E-state index contributed by atoms with van der Waals surface area (Å²) in [6, 6.07) is 30.6. The smallest absolute Gasteiger partial charge is 0.440 e. The molecule has 6 rings (SSSR count). The van der Waals surface area contributed by atoms with E-state index in [0.29, 0.717) is 33.6 Å². The first kappa shape index (κ1) is 34.6. The van der Waals surface area contributed by atoms with Crippen LogP contribution in [0.4, 0.5) is 0 Å². The van der Waals surface area contributed by atoms with Crippen molar-refractivity contribution in [2.45, 2.75) is 42.7 Å². The number of esters is 1. The highest BCUT2D eigenvalue weighted by atomic mass is 32.2. The van der Waals surface area contributed by atoms with Gasteiger partial charge in [-0.05, 0) is 86.8 Å². The average Bonchev–Trinajstić information content (AvgIpc) is 3.49. The molecule has 2 N–H and O–H groups in total. The third-order valence-corrected chi connectivity index (χ3v) is 10.7. The molecule has 1 amide bonds. The first-order valence-corrected chi connectivity index (χ1v) is 18.4. The van der Waals surface area contributed by atoms with E-state index in [0.717, 1.165) is 20.6 Å². The number of ether oxygens (including phenoxy) is 1. The van der Waals surface area contributed by atoms with Crippen molar-refractivity contribution in [1.82, 2.24) is 24.9 Å². The zero-order valence-corrected chi connectivity index (χ0v) is 29.7. The molecule has 2 aromatic heterocycles. The summed E-state index contributed by atoms with van der Waals surface area (Å²) in [6.07, 6.45) is 4.94. The highest BCUT2D eigenvalue weighted by Gasteiger charge is 2.36. The molecule has 0 bridgehead atoms. The van der Waals surface area contributed by atoms with E-state index in [2.05, 4.69) is 15.4 Å². The van der Waals surface area contributed by atoms with E-state index in [1.54, 1.807) is 52.2 Å². The minimum atomic E-state index is -4.27. The zero-order chi connectivity index (χ0) is 35.3. The number of carbonyl (C=O) groups excluding carboxylic acids is 2. The van der Waals surface area contributed by atoms with Gasteiger partial charge in [0.25, 0.3) is 5.91 Å². The molecule has 2 heterocycles. The number of nitrogens with zero attached hydrogens (tertiary/aromatic N) is 3. The van der Waals surface area contributed by atoms with Crippen LogP contribution < -0.4 is 14.9 Å². The van der Waals surface area contributed by atoms with Crippen molar-refractivity contribution in [2.75, 3.05) is 7.05 Å². The normalized spacial score (nSPS) is 13.4. The molecule has 0 spiro atoms. The van der Waals surface area contributed by atoms with Crippen LogP contribution >= 0.6 is 19.4 Å². The monoisotopic (exact) mass is 709 g/mol. The number of rotatable bonds is 12. The molecule has 0 aliphatic carbocycles. The minimum absolute atomic E-state index is 0. The number of fused-ring (bicyclic) bond motifs is 2. The Labute approximate surface area is 297 Å². The average molecular weight is 710 g/mol. The summed E-state index contributed by atoms with van der Waals surface area (Å²) in [4.78, 5) is 31.6. The molecule has 0 saturated heterocycles. The molecule has 0 aliphatic rings. The van der Waals surface area contributed by atoms with Crippen LogP contribution in [0.5, 0.6) is 5.75 Å². The fraction of sp³-hybridized carbons (Fsp3) is 0.158. The summed E-state index contributed by atoms with van der Waals surface area (Å²) in [5, 5.41) is 12.8. The summed E-state index contributed by atoms with van der Waals surface area (Å²) in [6.45, 7) is 5.08. The molecule has 0 aliphatic heterocycles. The van der Waals surface area contributed by atoms with Crippen molar-refractivity contribution in [3.8, 4) is 5.75 Å². The standard InChI is InChI=1S/C38H36N5O5PS.2H2/c1-25(2)47-38(45)26(3)42-49(46,48-35-17-11-13-27-12-5-6-15-30(27)35)43-34-24-29(50-36-18-8-7-16-32(36)37(44)39-4)20-21-31(34)33(41-43)22-19-28-14-9-10-23-40-28;;/h5-26H,1-4H3,(H,39,44)(H,42,46);2*1H/b22-19+;;/t26-,49?;;/m0../s1. The van der Waals surface area contributed by atoms with Crippen molar-refractivity contribution in [3.05, 3.63) is 126 Å². The van der Waals surface area contributed by atoms with Crippen molar-refractivity contribution in [2.24, 2.45) is 0 Å². The number of pyridine rings is 1. The highest BCUT2D eigenvalue weighted by Crippen LogP contribution is 2.49. The van der Waals surface area contributed by atoms with E-state index in [1.165, 1.54) is 16.2 Å². The van der Waals surface area contributed by atoms with Crippen LogP contribution in [0, 0.1) is 0 Å². The van der Waals surface area contributed by atoms with Gasteiger partial charge in [-0.15, -0.1) is 0 Å². The van der Waals surface area contributed by atoms with Crippen molar-refractivity contribution < 1.29 is 26.3 Å². The number of amides is 1. The summed E-state index contributed by atoms with van der Waals surface area (Å²) >= 11 is 1.39. The molecule has 0 saturated carbocycles. The van der Waals surface area contributed by atoms with Crippen LogP contribution in [0.3, 0.4) is 0 Å². The Morgan fingerprint density at radius 2 is 1.66 bits per heavy atom. The molecule has 258 valence electrons. The highest BCUT2D eigenvalue weighted by molar-refractivity contribution is 7.99. The summed E-state index contributed by atoms with van der Waals surface area (Å²) < 4.78 is 28.7. The second-order valence-corrected chi connectivity index (χ2v) is 14.6. The molecule has 6 aromatic rings. The molecule has 12 heteroatoms. The zero-order valence-electron chi connectivity index (χ0n) is 27.9. The van der Waals surface area contributed by atoms with Gasteiger partial charge in [0.15, 0.2) is 0 Å². The van der Waals surface area contributed by atoms with E-state index in [1.807, 2.05) is 97.1 Å².